The van der Waals surface area contributed by atoms with E-state index >= 15 is 0 Å². The van der Waals surface area contributed by atoms with Crippen molar-refractivity contribution < 1.29 is 9.50 Å². The molecular weight excluding hydrogens is 275 g/mol. The van der Waals surface area contributed by atoms with Crippen LogP contribution < -0.4 is 0 Å². The van der Waals surface area contributed by atoms with Crippen LogP contribution in [-0.2, 0) is 6.54 Å². The van der Waals surface area contributed by atoms with E-state index in [0.29, 0.717) is 16.5 Å². The van der Waals surface area contributed by atoms with Gasteiger partial charge < -0.3 is 5.11 Å². The number of hydrogen-bond donors (Lipinski definition) is 1. The fourth-order valence-electron chi connectivity index (χ4n) is 1.75. The number of halogens is 2. The van der Waals surface area contributed by atoms with Crippen LogP contribution in [0.25, 0.3) is 10.9 Å². The minimum absolute atomic E-state index is 0.317. The van der Waals surface area contributed by atoms with Gasteiger partial charge >= 0.3 is 0 Å². The Bertz CT molecular complexity index is 523. The molecule has 0 spiro atoms. The van der Waals surface area contributed by atoms with Gasteiger partial charge in [-0.1, -0.05) is 0 Å². The van der Waals surface area contributed by atoms with Gasteiger partial charge in [0.2, 0.25) is 0 Å². The minimum atomic E-state index is -0.585. The molecule has 84 valence electrons. The van der Waals surface area contributed by atoms with Gasteiger partial charge in [-0.05, 0) is 34.8 Å². The SMILES string of the molecule is OC1(Cn2cc3cc(Br)c(F)cc3n2)CC1. The third-order valence-electron chi connectivity index (χ3n) is 2.88. The van der Waals surface area contributed by atoms with E-state index in [1.807, 2.05) is 6.20 Å². The van der Waals surface area contributed by atoms with Crippen LogP contribution in [0.2, 0.25) is 0 Å². The zero-order chi connectivity index (χ0) is 11.3. The summed E-state index contributed by atoms with van der Waals surface area (Å²) in [7, 11) is 0. The van der Waals surface area contributed by atoms with Crippen molar-refractivity contribution in [3.63, 3.8) is 0 Å². The number of aliphatic hydroxyl groups is 1. The lowest BCUT2D eigenvalue weighted by Gasteiger charge is -2.05. The fourth-order valence-corrected chi connectivity index (χ4v) is 2.12. The molecule has 1 aromatic carbocycles. The molecule has 3 rings (SSSR count). The van der Waals surface area contributed by atoms with Crippen molar-refractivity contribution in [1.29, 1.82) is 0 Å². The Morgan fingerprint density at radius 2 is 2.25 bits per heavy atom. The standard InChI is InChI=1S/C11H10BrFN2O/c12-8-3-7-5-15(6-11(16)1-2-11)14-10(7)4-9(8)13/h3-5,16H,1-2,6H2. The van der Waals surface area contributed by atoms with Gasteiger partial charge in [0.05, 0.1) is 22.1 Å². The first-order valence-corrected chi connectivity index (χ1v) is 5.90. The van der Waals surface area contributed by atoms with Crippen molar-refractivity contribution in [3.8, 4) is 0 Å². The van der Waals surface area contributed by atoms with Crippen LogP contribution in [0, 0.1) is 5.82 Å². The number of rotatable bonds is 2. The molecule has 0 aliphatic heterocycles. The molecule has 1 fully saturated rings. The molecule has 1 N–H and O–H groups in total. The van der Waals surface area contributed by atoms with Gasteiger partial charge in [-0.2, -0.15) is 5.10 Å². The second kappa shape index (κ2) is 3.28. The maximum Gasteiger partial charge on any atom is 0.139 e. The smallest absolute Gasteiger partial charge is 0.139 e. The molecule has 2 aromatic rings. The molecule has 1 aromatic heterocycles. The molecule has 1 saturated carbocycles. The summed E-state index contributed by atoms with van der Waals surface area (Å²) in [6.07, 6.45) is 3.47. The van der Waals surface area contributed by atoms with E-state index in [2.05, 4.69) is 21.0 Å². The number of aromatic nitrogens is 2. The monoisotopic (exact) mass is 284 g/mol. The Hall–Kier alpha value is -0.940. The molecule has 0 saturated heterocycles. The first-order valence-electron chi connectivity index (χ1n) is 5.10. The molecular formula is C11H10BrFN2O. The second-order valence-electron chi connectivity index (χ2n) is 4.38. The highest BCUT2D eigenvalue weighted by atomic mass is 79.9. The Morgan fingerprint density at radius 3 is 2.94 bits per heavy atom. The number of hydrogen-bond acceptors (Lipinski definition) is 2. The Morgan fingerprint density at radius 1 is 1.50 bits per heavy atom. The Labute approximate surface area is 100 Å². The predicted molar refractivity (Wildman–Crippen MR) is 61.6 cm³/mol. The average Bonchev–Trinajstić information content (AvgIpc) is 2.79. The Kier molecular flexibility index (Phi) is 2.09. The van der Waals surface area contributed by atoms with E-state index in [-0.39, 0.29) is 5.82 Å². The topological polar surface area (TPSA) is 38.0 Å². The van der Waals surface area contributed by atoms with Gasteiger partial charge in [-0.3, -0.25) is 4.68 Å². The third kappa shape index (κ3) is 1.74. The highest BCUT2D eigenvalue weighted by molar-refractivity contribution is 9.10. The van der Waals surface area contributed by atoms with Crippen LogP contribution in [0.15, 0.2) is 22.8 Å². The van der Waals surface area contributed by atoms with Gasteiger partial charge in [-0.25, -0.2) is 4.39 Å². The molecule has 1 aliphatic rings. The molecule has 5 heteroatoms. The zero-order valence-corrected chi connectivity index (χ0v) is 10.0. The van der Waals surface area contributed by atoms with Crippen molar-refractivity contribution in [2.45, 2.75) is 25.0 Å². The molecule has 0 bridgehead atoms. The van der Waals surface area contributed by atoms with Gasteiger partial charge in [0.15, 0.2) is 0 Å². The quantitative estimate of drug-likeness (QED) is 0.920. The molecule has 0 unspecified atom stereocenters. The summed E-state index contributed by atoms with van der Waals surface area (Å²) in [5.74, 6) is -0.317. The second-order valence-corrected chi connectivity index (χ2v) is 5.23. The lowest BCUT2D eigenvalue weighted by atomic mass is 10.2. The minimum Gasteiger partial charge on any atom is -0.388 e. The molecule has 3 nitrogen and oxygen atoms in total. The molecule has 0 radical (unpaired) electrons. The van der Waals surface area contributed by atoms with E-state index in [9.17, 15) is 9.50 Å². The third-order valence-corrected chi connectivity index (χ3v) is 3.49. The largest absolute Gasteiger partial charge is 0.388 e. The average molecular weight is 285 g/mol. The fraction of sp³-hybridized carbons (Fsp3) is 0.364. The normalized spacial score (nSPS) is 17.9. The lowest BCUT2D eigenvalue weighted by molar-refractivity contribution is 0.125. The van der Waals surface area contributed by atoms with Gasteiger partial charge in [0.1, 0.15) is 5.82 Å². The lowest BCUT2D eigenvalue weighted by Crippen LogP contribution is -2.16. The van der Waals surface area contributed by atoms with Crippen LogP contribution in [0.3, 0.4) is 0 Å². The van der Waals surface area contributed by atoms with Crippen LogP contribution in [0.5, 0.6) is 0 Å². The van der Waals surface area contributed by atoms with Crippen LogP contribution >= 0.6 is 15.9 Å². The summed E-state index contributed by atoms with van der Waals surface area (Å²) in [5.41, 5.74) is 0.0302. The summed E-state index contributed by atoms with van der Waals surface area (Å²) >= 11 is 3.14. The van der Waals surface area contributed by atoms with Crippen molar-refractivity contribution in [3.05, 3.63) is 28.6 Å². The van der Waals surface area contributed by atoms with E-state index in [1.54, 1.807) is 10.7 Å². The van der Waals surface area contributed by atoms with Crippen molar-refractivity contribution in [2.24, 2.45) is 0 Å². The highest BCUT2D eigenvalue weighted by Gasteiger charge is 2.40. The first kappa shape index (κ1) is 10.2. The van der Waals surface area contributed by atoms with Gasteiger partial charge in [-0.15, -0.1) is 0 Å². The van der Waals surface area contributed by atoms with E-state index in [4.69, 9.17) is 0 Å². The number of benzene rings is 1. The Balaban J connectivity index is 2.02. The highest BCUT2D eigenvalue weighted by Crippen LogP contribution is 2.36. The van der Waals surface area contributed by atoms with Crippen LogP contribution in [-0.4, -0.2) is 20.5 Å². The molecule has 1 heterocycles. The van der Waals surface area contributed by atoms with Crippen LogP contribution in [0.1, 0.15) is 12.8 Å². The first-order chi connectivity index (χ1) is 7.56. The van der Waals surface area contributed by atoms with E-state index in [1.165, 1.54) is 6.07 Å². The molecule has 0 amide bonds. The van der Waals surface area contributed by atoms with E-state index < -0.39 is 5.60 Å². The summed E-state index contributed by atoms with van der Waals surface area (Å²) in [6, 6.07) is 3.10. The van der Waals surface area contributed by atoms with Gasteiger partial charge in [0.25, 0.3) is 0 Å². The maximum atomic E-state index is 13.3. The van der Waals surface area contributed by atoms with Crippen molar-refractivity contribution in [2.75, 3.05) is 0 Å². The van der Waals surface area contributed by atoms with Crippen molar-refractivity contribution >= 4 is 26.8 Å². The van der Waals surface area contributed by atoms with E-state index in [0.717, 1.165) is 18.2 Å². The molecule has 16 heavy (non-hydrogen) atoms. The summed E-state index contributed by atoms with van der Waals surface area (Å²) in [6.45, 7) is 0.487. The summed E-state index contributed by atoms with van der Waals surface area (Å²) in [4.78, 5) is 0. The number of fused-ring (bicyclic) bond motifs is 1. The molecule has 1 aliphatic carbocycles. The van der Waals surface area contributed by atoms with Gasteiger partial charge in [0, 0.05) is 17.6 Å². The predicted octanol–water partition coefficient (Wildman–Crippen LogP) is 2.46. The maximum absolute atomic E-state index is 13.3. The summed E-state index contributed by atoms with van der Waals surface area (Å²) < 4.78 is 15.4. The summed E-state index contributed by atoms with van der Waals surface area (Å²) in [5, 5.41) is 14.9. The zero-order valence-electron chi connectivity index (χ0n) is 8.45. The molecule has 0 atom stereocenters. The van der Waals surface area contributed by atoms with Crippen LogP contribution in [0.4, 0.5) is 4.39 Å². The van der Waals surface area contributed by atoms with Crippen molar-refractivity contribution in [1.82, 2.24) is 9.78 Å². The number of nitrogens with zero attached hydrogens (tertiary/aromatic N) is 2.